The molecule has 0 aromatic carbocycles. The third kappa shape index (κ3) is 13.2. The van der Waals surface area contributed by atoms with Gasteiger partial charge in [0.25, 0.3) is 0 Å². The summed E-state index contributed by atoms with van der Waals surface area (Å²) in [4.78, 5) is 39.1. The van der Waals surface area contributed by atoms with E-state index < -0.39 is 47.6 Å². The van der Waals surface area contributed by atoms with Gasteiger partial charge in [-0.1, -0.05) is 125 Å². The van der Waals surface area contributed by atoms with Crippen LogP contribution < -0.4 is 0 Å². The van der Waals surface area contributed by atoms with Crippen LogP contribution in [-0.2, 0) is 25.7 Å². The van der Waals surface area contributed by atoms with Crippen LogP contribution in [0, 0.1) is 32.5 Å². The quantitative estimate of drug-likeness (QED) is 0.155. The Balaban J connectivity index is 7.14. The highest BCUT2D eigenvalue weighted by Crippen LogP contribution is 2.35. The highest BCUT2D eigenvalue weighted by atomic mass is 27.3. The maximum Gasteiger partial charge on any atom is 1.20 e. The Hall–Kier alpha value is -1.84. The fraction of sp³-hybridized carbons (Fsp3) is 0.727. The molecule has 0 heterocycles. The molecule has 7 heteroatoms. The van der Waals surface area contributed by atoms with Crippen LogP contribution in [0.25, 0.3) is 0 Å². The second-order valence-corrected chi connectivity index (χ2v) is 18.0. The Morgan fingerprint density at radius 1 is 0.375 bits per heavy atom. The van der Waals surface area contributed by atoms with Gasteiger partial charge in [0.05, 0.1) is 17.3 Å². The molecular weight excluding hydrogens is 519 g/mol. The lowest BCUT2D eigenvalue weighted by Gasteiger charge is -2.33. The monoisotopic (exact) mass is 576 g/mol. The molecule has 0 radical (unpaired) electrons. The third-order valence-electron chi connectivity index (χ3n) is 5.89. The van der Waals surface area contributed by atoms with E-state index in [2.05, 4.69) is 0 Å². The SMILES string of the molecule is CC(C)(C)C(=O)/C=C(\[O][Al]([O]/C(=C/C(=O)C(C)(C)C)C(C)(C)C)[O]/C(=C/C(=O)C(C)(C)C)C(C)(C)C)C(C)(C)C. The number of hydrogen-bond donors (Lipinski definition) is 0. The Labute approximate surface area is 250 Å². The number of ketones is 3. The Bertz CT molecular complexity index is 885. The molecule has 0 aliphatic rings. The zero-order valence-electron chi connectivity index (χ0n) is 28.8. The maximum atomic E-state index is 13.0. The molecule has 0 N–H and O–H groups in total. The minimum atomic E-state index is -3.21. The molecule has 0 saturated heterocycles. The molecule has 0 bridgehead atoms. The van der Waals surface area contributed by atoms with Crippen molar-refractivity contribution >= 4 is 32.5 Å². The fourth-order valence-corrected chi connectivity index (χ4v) is 4.70. The van der Waals surface area contributed by atoms with Crippen LogP contribution in [0.4, 0.5) is 0 Å². The lowest BCUT2D eigenvalue weighted by atomic mass is 9.87. The first-order valence-electron chi connectivity index (χ1n) is 14.2. The van der Waals surface area contributed by atoms with Crippen LogP contribution in [0.1, 0.15) is 125 Å². The summed E-state index contributed by atoms with van der Waals surface area (Å²) in [6, 6.07) is 0. The number of carbonyl (C=O) groups is 3. The number of allylic oxidation sites excluding steroid dienone is 6. The predicted octanol–water partition coefficient (Wildman–Crippen LogP) is 8.66. The predicted molar refractivity (Wildman–Crippen MR) is 165 cm³/mol. The zero-order valence-corrected chi connectivity index (χ0v) is 29.9. The minimum absolute atomic E-state index is 0.0887. The van der Waals surface area contributed by atoms with Gasteiger partial charge in [-0.15, -0.1) is 0 Å². The molecule has 0 aliphatic heterocycles. The minimum Gasteiger partial charge on any atom is -0.580 e. The molecule has 0 rings (SSSR count). The second kappa shape index (κ2) is 13.0. The van der Waals surface area contributed by atoms with Crippen LogP contribution in [0.15, 0.2) is 35.5 Å². The Morgan fingerprint density at radius 2 is 0.550 bits per heavy atom. The van der Waals surface area contributed by atoms with Crippen molar-refractivity contribution in [3.05, 3.63) is 35.5 Å². The molecule has 0 fully saturated rings. The number of carbonyl (C=O) groups excluding carboxylic acids is 3. The highest BCUT2D eigenvalue weighted by Gasteiger charge is 2.50. The van der Waals surface area contributed by atoms with Gasteiger partial charge in [0.1, 0.15) is 0 Å². The molecule has 228 valence electrons. The molecule has 0 amide bonds. The average Bonchev–Trinajstić information content (AvgIpc) is 2.67. The Morgan fingerprint density at radius 3 is 0.675 bits per heavy atom. The standard InChI is InChI=1S/3C11H20O2.Al/c3*1-10(2,3)8(12)7-9(13)11(4,5)6;/h3*7,12H,1-6H3;/q;;;+3/p-3/b2*8-7+;8-7-;. The maximum absolute atomic E-state index is 13.0. The molecule has 0 unspecified atom stereocenters. The van der Waals surface area contributed by atoms with Gasteiger partial charge in [0, 0.05) is 50.7 Å². The summed E-state index contributed by atoms with van der Waals surface area (Å²) in [7, 11) is 0. The van der Waals surface area contributed by atoms with E-state index in [1.807, 2.05) is 125 Å². The molecule has 0 spiro atoms. The van der Waals surface area contributed by atoms with E-state index >= 15 is 0 Å². The zero-order chi connectivity index (χ0) is 32.3. The molecule has 0 aromatic heterocycles. The van der Waals surface area contributed by atoms with Crippen LogP contribution in [0.5, 0.6) is 0 Å². The van der Waals surface area contributed by atoms with E-state index in [0.717, 1.165) is 0 Å². The summed E-state index contributed by atoms with van der Waals surface area (Å²) in [5.74, 6) is 1.01. The van der Waals surface area contributed by atoms with E-state index in [-0.39, 0.29) is 17.3 Å². The molecular formula is C33H57AlO6. The lowest BCUT2D eigenvalue weighted by Crippen LogP contribution is -2.35. The van der Waals surface area contributed by atoms with Gasteiger partial charge in [0.2, 0.25) is 0 Å². The van der Waals surface area contributed by atoms with Gasteiger partial charge in [0.15, 0.2) is 17.3 Å². The van der Waals surface area contributed by atoms with E-state index in [0.29, 0.717) is 17.3 Å². The fourth-order valence-electron chi connectivity index (χ4n) is 2.67. The second-order valence-electron chi connectivity index (χ2n) is 16.8. The first-order valence-corrected chi connectivity index (χ1v) is 15.6. The molecule has 0 atom stereocenters. The lowest BCUT2D eigenvalue weighted by molar-refractivity contribution is -0.122. The van der Waals surface area contributed by atoms with E-state index in [4.69, 9.17) is 11.4 Å². The average molecular weight is 577 g/mol. The van der Waals surface area contributed by atoms with Crippen molar-refractivity contribution in [1.29, 1.82) is 0 Å². The molecule has 40 heavy (non-hydrogen) atoms. The largest absolute Gasteiger partial charge is 1.20 e. The van der Waals surface area contributed by atoms with Crippen LogP contribution >= 0.6 is 0 Å². The molecule has 0 aromatic rings. The van der Waals surface area contributed by atoms with Gasteiger partial charge in [-0.3, -0.25) is 14.4 Å². The van der Waals surface area contributed by atoms with E-state index in [9.17, 15) is 14.4 Å². The van der Waals surface area contributed by atoms with Crippen molar-refractivity contribution in [2.45, 2.75) is 125 Å². The Kier molecular flexibility index (Phi) is 12.4. The van der Waals surface area contributed by atoms with Crippen molar-refractivity contribution in [3.8, 4) is 0 Å². The normalized spacial score (nSPS) is 15.0. The number of hydrogen-bond acceptors (Lipinski definition) is 6. The summed E-state index contributed by atoms with van der Waals surface area (Å²) in [5.41, 5.74) is -3.45. The smallest absolute Gasteiger partial charge is 0.580 e. The van der Waals surface area contributed by atoms with Crippen LogP contribution in [0.3, 0.4) is 0 Å². The first-order chi connectivity index (χ1) is 17.4. The van der Waals surface area contributed by atoms with Crippen LogP contribution in [0.2, 0.25) is 0 Å². The van der Waals surface area contributed by atoms with Crippen molar-refractivity contribution in [1.82, 2.24) is 0 Å². The van der Waals surface area contributed by atoms with Crippen molar-refractivity contribution in [2.75, 3.05) is 0 Å². The highest BCUT2D eigenvalue weighted by molar-refractivity contribution is 6.38. The van der Waals surface area contributed by atoms with Crippen molar-refractivity contribution in [3.63, 3.8) is 0 Å². The van der Waals surface area contributed by atoms with Gasteiger partial charge in [-0.25, -0.2) is 0 Å². The van der Waals surface area contributed by atoms with Crippen molar-refractivity contribution < 1.29 is 25.7 Å². The summed E-state index contributed by atoms with van der Waals surface area (Å²) < 4.78 is 19.5. The first kappa shape index (κ1) is 38.2. The summed E-state index contributed by atoms with van der Waals surface area (Å²) in [5, 5.41) is 0. The third-order valence-corrected chi connectivity index (χ3v) is 7.23. The summed E-state index contributed by atoms with van der Waals surface area (Å²) >= 11 is -3.21. The van der Waals surface area contributed by atoms with Crippen molar-refractivity contribution in [2.24, 2.45) is 32.5 Å². The molecule has 6 nitrogen and oxygen atoms in total. The summed E-state index contributed by atoms with van der Waals surface area (Å²) in [6.07, 6.45) is 4.57. The molecule has 0 aliphatic carbocycles. The van der Waals surface area contributed by atoms with Gasteiger partial charge in [-0.05, 0) is 0 Å². The van der Waals surface area contributed by atoms with Crippen LogP contribution in [-0.4, -0.2) is 32.5 Å². The van der Waals surface area contributed by atoms with E-state index in [1.165, 1.54) is 18.2 Å². The van der Waals surface area contributed by atoms with Gasteiger partial charge in [-0.2, -0.15) is 0 Å². The summed E-state index contributed by atoms with van der Waals surface area (Å²) in [6.45, 7) is 34.2. The number of rotatable bonds is 9. The van der Waals surface area contributed by atoms with Gasteiger partial charge < -0.3 is 11.4 Å². The van der Waals surface area contributed by atoms with E-state index in [1.54, 1.807) is 0 Å². The topological polar surface area (TPSA) is 78.9 Å². The molecule has 0 saturated carbocycles. The van der Waals surface area contributed by atoms with Gasteiger partial charge >= 0.3 is 15.1 Å².